The Kier molecular flexibility index (Phi) is 6.21. The molecule has 0 aliphatic carbocycles. The molecule has 0 N–H and O–H groups in total. The highest BCUT2D eigenvalue weighted by molar-refractivity contribution is 7.97. The predicted octanol–water partition coefficient (Wildman–Crippen LogP) is 4.82. The van der Waals surface area contributed by atoms with Gasteiger partial charge < -0.3 is 0 Å². The van der Waals surface area contributed by atoms with Gasteiger partial charge in [0.15, 0.2) is 5.78 Å². The van der Waals surface area contributed by atoms with Gasteiger partial charge in [-0.2, -0.15) is 0 Å². The lowest BCUT2D eigenvalue weighted by Gasteiger charge is -2.32. The van der Waals surface area contributed by atoms with E-state index in [0.29, 0.717) is 5.56 Å². The summed E-state index contributed by atoms with van der Waals surface area (Å²) < 4.78 is 0. The minimum atomic E-state index is -2.64. The second-order valence-electron chi connectivity index (χ2n) is 7.47. The van der Waals surface area contributed by atoms with Crippen LogP contribution in [0, 0.1) is 0 Å². The van der Waals surface area contributed by atoms with Crippen LogP contribution in [0.1, 0.15) is 17.3 Å². The molecule has 0 bridgehead atoms. The lowest BCUT2D eigenvalue weighted by Crippen LogP contribution is -2.45. The summed E-state index contributed by atoms with van der Waals surface area (Å²) >= 11 is 0. The van der Waals surface area contributed by atoms with Gasteiger partial charge in [-0.25, -0.2) is 0 Å². The van der Waals surface area contributed by atoms with Crippen LogP contribution in [-0.2, 0) is 4.79 Å². The van der Waals surface area contributed by atoms with Crippen LogP contribution in [0.15, 0.2) is 121 Å². The first kappa shape index (κ1) is 20.9. The molecule has 0 radical (unpaired) electrons. The minimum Gasteiger partial charge on any atom is -0.295 e. The number of hydrogen-bond acceptors (Lipinski definition) is 2. The van der Waals surface area contributed by atoms with Crippen molar-refractivity contribution in [1.29, 1.82) is 0 Å². The van der Waals surface area contributed by atoms with Crippen LogP contribution in [0.5, 0.6) is 0 Å². The van der Waals surface area contributed by atoms with E-state index in [2.05, 4.69) is 36.4 Å². The summed E-state index contributed by atoms with van der Waals surface area (Å²) in [4.78, 5) is 27.3. The van der Waals surface area contributed by atoms with Crippen molar-refractivity contribution in [2.75, 3.05) is 0 Å². The number of hydrogen-bond donors (Lipinski definition) is 0. The molecule has 0 amide bonds. The SMILES string of the molecule is CC(=O)C(C(=O)c1ccccc1)[P+](c1ccccc1)(c1ccccc1)c1ccccc1. The van der Waals surface area contributed by atoms with E-state index in [1.807, 2.05) is 72.8 Å². The molecule has 3 heteroatoms. The van der Waals surface area contributed by atoms with Crippen LogP contribution in [0.3, 0.4) is 0 Å². The van der Waals surface area contributed by atoms with Gasteiger partial charge >= 0.3 is 0 Å². The second kappa shape index (κ2) is 9.20. The van der Waals surface area contributed by atoms with Gasteiger partial charge in [0.1, 0.15) is 23.2 Å². The number of Topliss-reactive ketones (excluding diaryl/α,β-unsaturated/α-hetero) is 2. The van der Waals surface area contributed by atoms with Crippen LogP contribution in [0.4, 0.5) is 0 Å². The smallest absolute Gasteiger partial charge is 0.211 e. The Balaban J connectivity index is 2.10. The highest BCUT2D eigenvalue weighted by atomic mass is 31.2. The van der Waals surface area contributed by atoms with Crippen molar-refractivity contribution in [2.24, 2.45) is 0 Å². The molecule has 4 aromatic rings. The highest BCUT2D eigenvalue weighted by Gasteiger charge is 2.57. The van der Waals surface area contributed by atoms with Crippen LogP contribution in [0.2, 0.25) is 0 Å². The molecule has 0 saturated carbocycles. The van der Waals surface area contributed by atoms with Crippen LogP contribution in [0.25, 0.3) is 0 Å². The topological polar surface area (TPSA) is 34.1 Å². The molecular formula is C28H24O2P+. The summed E-state index contributed by atoms with van der Waals surface area (Å²) in [6.07, 6.45) is 0. The zero-order valence-electron chi connectivity index (χ0n) is 17.4. The molecule has 0 heterocycles. The Labute approximate surface area is 183 Å². The predicted molar refractivity (Wildman–Crippen MR) is 130 cm³/mol. The average Bonchev–Trinajstić information content (AvgIpc) is 2.84. The van der Waals surface area contributed by atoms with Gasteiger partial charge in [0.25, 0.3) is 0 Å². The summed E-state index contributed by atoms with van der Waals surface area (Å²) in [5.41, 5.74) is -0.239. The molecule has 1 unspecified atom stereocenters. The Morgan fingerprint density at radius 3 is 1.19 bits per heavy atom. The maximum absolute atomic E-state index is 14.0. The van der Waals surface area contributed by atoms with Crippen LogP contribution >= 0.6 is 7.26 Å². The summed E-state index contributed by atoms with van der Waals surface area (Å²) in [6.45, 7) is 1.55. The summed E-state index contributed by atoms with van der Waals surface area (Å²) in [7, 11) is -2.64. The first-order chi connectivity index (χ1) is 15.2. The minimum absolute atomic E-state index is 0.112. The van der Waals surface area contributed by atoms with Crippen molar-refractivity contribution in [3.05, 3.63) is 127 Å². The fourth-order valence-electron chi connectivity index (χ4n) is 4.28. The third kappa shape index (κ3) is 3.87. The van der Waals surface area contributed by atoms with Gasteiger partial charge in [0.2, 0.25) is 11.4 Å². The van der Waals surface area contributed by atoms with Gasteiger partial charge in [-0.1, -0.05) is 84.9 Å². The van der Waals surface area contributed by atoms with Gasteiger partial charge in [0.05, 0.1) is 0 Å². The standard InChI is InChI=1S/C28H24O2P/c1-22(29)28(27(30)23-14-6-2-7-15-23)31(24-16-8-3-9-17-24,25-18-10-4-11-19-25)26-20-12-5-13-21-26/h2-21,28H,1H3/q+1. The van der Waals surface area contributed by atoms with Gasteiger partial charge in [-0.05, 0) is 43.3 Å². The Hall–Kier alpha value is -3.35. The molecule has 4 aromatic carbocycles. The summed E-state index contributed by atoms with van der Waals surface area (Å²) in [5.74, 6) is -0.239. The number of carbonyl (C=O) groups excluding carboxylic acids is 2. The maximum atomic E-state index is 14.0. The van der Waals surface area contributed by atoms with E-state index >= 15 is 0 Å². The molecule has 0 aliphatic rings. The van der Waals surface area contributed by atoms with E-state index in [9.17, 15) is 9.59 Å². The maximum Gasteiger partial charge on any atom is 0.211 e. The van der Waals surface area contributed by atoms with E-state index in [1.165, 1.54) is 0 Å². The average molecular weight is 423 g/mol. The van der Waals surface area contributed by atoms with Crippen LogP contribution < -0.4 is 15.9 Å². The lowest BCUT2D eigenvalue weighted by atomic mass is 10.1. The lowest BCUT2D eigenvalue weighted by molar-refractivity contribution is -0.115. The first-order valence-corrected chi connectivity index (χ1v) is 12.2. The molecule has 152 valence electrons. The van der Waals surface area contributed by atoms with E-state index in [-0.39, 0.29) is 11.6 Å². The Morgan fingerprint density at radius 1 is 0.548 bits per heavy atom. The van der Waals surface area contributed by atoms with E-state index < -0.39 is 12.9 Å². The Bertz CT molecular complexity index is 1060. The third-order valence-corrected chi connectivity index (χ3v) is 10.3. The normalized spacial score (nSPS) is 12.2. The molecule has 4 rings (SSSR count). The van der Waals surface area contributed by atoms with Crippen molar-refractivity contribution in [3.63, 3.8) is 0 Å². The fourth-order valence-corrected chi connectivity index (χ4v) is 9.04. The molecule has 2 nitrogen and oxygen atoms in total. The number of carbonyl (C=O) groups is 2. The third-order valence-electron chi connectivity index (χ3n) is 5.57. The second-order valence-corrected chi connectivity index (χ2v) is 11.0. The number of ketones is 2. The van der Waals surface area contributed by atoms with Crippen molar-refractivity contribution in [2.45, 2.75) is 12.6 Å². The zero-order valence-corrected chi connectivity index (χ0v) is 18.3. The Morgan fingerprint density at radius 2 is 0.871 bits per heavy atom. The molecule has 0 aliphatic heterocycles. The molecule has 0 aromatic heterocycles. The fraction of sp³-hybridized carbons (Fsp3) is 0.0714. The molecular weight excluding hydrogens is 399 g/mol. The molecule has 1 atom stereocenters. The van der Waals surface area contributed by atoms with Gasteiger partial charge in [-0.15, -0.1) is 0 Å². The largest absolute Gasteiger partial charge is 0.295 e. The molecule has 31 heavy (non-hydrogen) atoms. The van der Waals surface area contributed by atoms with E-state index in [0.717, 1.165) is 15.9 Å². The van der Waals surface area contributed by atoms with Crippen molar-refractivity contribution < 1.29 is 9.59 Å². The number of benzene rings is 4. The summed E-state index contributed by atoms with van der Waals surface area (Å²) in [5, 5.41) is 3.07. The van der Waals surface area contributed by atoms with Crippen molar-refractivity contribution >= 4 is 34.7 Å². The quantitative estimate of drug-likeness (QED) is 0.243. The van der Waals surface area contributed by atoms with Crippen molar-refractivity contribution in [3.8, 4) is 0 Å². The monoisotopic (exact) mass is 423 g/mol. The molecule has 0 saturated heterocycles. The summed E-state index contributed by atoms with van der Waals surface area (Å²) in [6, 6.07) is 39.3. The number of rotatable bonds is 7. The van der Waals surface area contributed by atoms with E-state index in [4.69, 9.17) is 0 Å². The zero-order chi connectivity index (χ0) is 21.7. The van der Waals surface area contributed by atoms with Crippen molar-refractivity contribution in [1.82, 2.24) is 0 Å². The first-order valence-electron chi connectivity index (χ1n) is 10.3. The highest BCUT2D eigenvalue weighted by Crippen LogP contribution is 2.60. The molecule has 0 fully saturated rings. The van der Waals surface area contributed by atoms with Gasteiger partial charge in [-0.3, -0.25) is 9.59 Å². The van der Waals surface area contributed by atoms with Gasteiger partial charge in [0, 0.05) is 5.56 Å². The molecule has 0 spiro atoms. The van der Waals surface area contributed by atoms with E-state index in [1.54, 1.807) is 19.1 Å². The van der Waals surface area contributed by atoms with Crippen LogP contribution in [-0.4, -0.2) is 17.2 Å².